The van der Waals surface area contributed by atoms with Crippen LogP contribution in [-0.2, 0) is 15.8 Å². The zero-order valence-corrected chi connectivity index (χ0v) is 16.7. The lowest BCUT2D eigenvalue weighted by Gasteiger charge is -2.10. The predicted molar refractivity (Wildman–Crippen MR) is 113 cm³/mol. The predicted octanol–water partition coefficient (Wildman–Crippen LogP) is 2.38. The Bertz CT molecular complexity index is 995. The topological polar surface area (TPSA) is 93.7 Å². The van der Waals surface area contributed by atoms with E-state index in [1.165, 1.54) is 25.5 Å². The second kappa shape index (κ2) is 10.7. The Morgan fingerprint density at radius 2 is 1.97 bits per heavy atom. The number of para-hydroxylation sites is 1. The molecule has 2 N–H and O–H groups in total. The van der Waals surface area contributed by atoms with E-state index in [9.17, 15) is 13.8 Å². The maximum Gasteiger partial charge on any atom is 0.265 e. The average molecular weight is 412 g/mol. The second-order valence-electron chi connectivity index (χ2n) is 5.66. The molecule has 0 fully saturated rings. The minimum atomic E-state index is -1.51. The molecule has 8 heteroatoms. The highest BCUT2D eigenvalue weighted by atomic mass is 32.2. The molecular weight excluding hydrogens is 392 g/mol. The number of anilines is 1. The normalized spacial score (nSPS) is 11.3. The number of ether oxygens (including phenoxy) is 2. The van der Waals surface area contributed by atoms with Crippen molar-refractivity contribution in [2.24, 2.45) is 0 Å². The van der Waals surface area contributed by atoms with Crippen molar-refractivity contribution in [2.45, 2.75) is 0 Å². The first-order valence-electron chi connectivity index (χ1n) is 8.41. The summed E-state index contributed by atoms with van der Waals surface area (Å²) in [7, 11) is -0.00872. The second-order valence-corrected chi connectivity index (χ2v) is 6.77. The summed E-state index contributed by atoms with van der Waals surface area (Å²) in [5, 5.41) is 2.64. The fraction of sp³-hybridized carbons (Fsp3) is 0.143. The summed E-state index contributed by atoms with van der Waals surface area (Å²) in [5.41, 5.74) is 1.22. The van der Waals surface area contributed by atoms with Crippen molar-refractivity contribution in [3.63, 3.8) is 0 Å². The van der Waals surface area contributed by atoms with Crippen molar-refractivity contribution in [2.75, 3.05) is 25.3 Å². The number of nitrogens with one attached hydrogen (secondary N) is 2. The van der Waals surface area contributed by atoms with E-state index in [0.717, 1.165) is 0 Å². The summed E-state index contributed by atoms with van der Waals surface area (Å²) in [6, 6.07) is 11.6. The van der Waals surface area contributed by atoms with Gasteiger partial charge in [0.2, 0.25) is 5.91 Å². The number of amides is 2. The maximum atomic E-state index is 12.3. The van der Waals surface area contributed by atoms with Crippen LogP contribution in [0.1, 0.15) is 15.9 Å². The molecular formula is C21H20N2O5S. The van der Waals surface area contributed by atoms with Crippen LogP contribution < -0.4 is 19.5 Å². The van der Waals surface area contributed by atoms with Crippen LogP contribution in [0.2, 0.25) is 0 Å². The quantitative estimate of drug-likeness (QED) is 0.513. The molecule has 0 saturated heterocycles. The van der Waals surface area contributed by atoms with Crippen molar-refractivity contribution in [3.8, 4) is 23.8 Å². The van der Waals surface area contributed by atoms with E-state index in [1.54, 1.807) is 42.5 Å². The zero-order valence-electron chi connectivity index (χ0n) is 15.9. The van der Waals surface area contributed by atoms with Crippen molar-refractivity contribution in [1.29, 1.82) is 0 Å². The van der Waals surface area contributed by atoms with Gasteiger partial charge in [0.1, 0.15) is 17.6 Å². The molecule has 0 aliphatic rings. The van der Waals surface area contributed by atoms with E-state index < -0.39 is 22.8 Å². The lowest BCUT2D eigenvalue weighted by Crippen LogP contribution is -2.26. The van der Waals surface area contributed by atoms with Crippen molar-refractivity contribution in [3.05, 3.63) is 59.7 Å². The number of carbonyl (C=O) groups excluding carboxylic acids is 2. The van der Waals surface area contributed by atoms with Crippen LogP contribution in [-0.4, -0.2) is 36.0 Å². The van der Waals surface area contributed by atoms with Gasteiger partial charge in [-0.3, -0.25) is 14.3 Å². The van der Waals surface area contributed by atoms with E-state index in [-0.39, 0.29) is 12.2 Å². The summed E-state index contributed by atoms with van der Waals surface area (Å²) in [6.45, 7) is 0.118. The first-order chi connectivity index (χ1) is 13.9. The molecule has 7 nitrogen and oxygen atoms in total. The van der Waals surface area contributed by atoms with Gasteiger partial charge in [-0.05, 0) is 35.9 Å². The Morgan fingerprint density at radius 1 is 1.21 bits per heavy atom. The van der Waals surface area contributed by atoms with Gasteiger partial charge >= 0.3 is 0 Å². The molecule has 2 aromatic carbocycles. The first kappa shape index (κ1) is 21.7. The maximum absolute atomic E-state index is 12.3. The number of benzene rings is 2. The number of methoxy groups -OCH3 is 1. The van der Waals surface area contributed by atoms with Crippen molar-refractivity contribution >= 4 is 34.6 Å². The Hall–Kier alpha value is -3.57. The van der Waals surface area contributed by atoms with Gasteiger partial charge in [0.25, 0.3) is 5.91 Å². The van der Waals surface area contributed by atoms with Gasteiger partial charge in [0.05, 0.1) is 18.4 Å². The van der Waals surface area contributed by atoms with E-state index >= 15 is 0 Å². The minimum absolute atomic E-state index is 0.118. The Labute approximate surface area is 171 Å². The molecule has 2 amide bonds. The Morgan fingerprint density at radius 3 is 2.66 bits per heavy atom. The third-order valence-corrected chi connectivity index (χ3v) is 4.06. The summed E-state index contributed by atoms with van der Waals surface area (Å²) < 4.78 is 24.1. The first-order valence-corrected chi connectivity index (χ1v) is 9.97. The average Bonchev–Trinajstić information content (AvgIpc) is 2.70. The van der Waals surface area contributed by atoms with E-state index in [0.29, 0.717) is 22.7 Å². The molecule has 0 radical (unpaired) electrons. The number of rotatable bonds is 8. The molecule has 29 heavy (non-hydrogen) atoms. The summed E-state index contributed by atoms with van der Waals surface area (Å²) in [5.74, 6) is 2.38. The fourth-order valence-electron chi connectivity index (χ4n) is 2.35. The Balaban J connectivity index is 2.12. The lowest BCUT2D eigenvalue weighted by molar-refractivity contribution is -0.111. The molecule has 0 heterocycles. The van der Waals surface area contributed by atoms with Crippen LogP contribution >= 0.6 is 0 Å². The Kier molecular flexibility index (Phi) is 8.00. The molecule has 0 aromatic heterocycles. The molecule has 1 unspecified atom stereocenters. The molecule has 0 saturated carbocycles. The van der Waals surface area contributed by atoms with E-state index in [1.807, 2.05) is 0 Å². The van der Waals surface area contributed by atoms with Crippen LogP contribution in [0.4, 0.5) is 5.69 Å². The monoisotopic (exact) mass is 412 g/mol. The largest absolute Gasteiger partial charge is 0.493 e. The van der Waals surface area contributed by atoms with Gasteiger partial charge in [0, 0.05) is 12.3 Å². The van der Waals surface area contributed by atoms with Crippen LogP contribution in [0.15, 0.2) is 48.5 Å². The van der Waals surface area contributed by atoms with Gasteiger partial charge in [-0.15, -0.1) is 6.42 Å². The van der Waals surface area contributed by atoms with Crippen molar-refractivity contribution < 1.29 is 23.3 Å². The zero-order chi connectivity index (χ0) is 21.2. The van der Waals surface area contributed by atoms with Crippen LogP contribution in [0.3, 0.4) is 0 Å². The number of hydrogen-bond acceptors (Lipinski definition) is 5. The van der Waals surface area contributed by atoms with Crippen LogP contribution in [0, 0.1) is 12.3 Å². The molecule has 0 aliphatic heterocycles. The van der Waals surface area contributed by atoms with E-state index in [4.69, 9.17) is 15.9 Å². The molecule has 2 rings (SSSR count). The van der Waals surface area contributed by atoms with Gasteiger partial charge < -0.3 is 14.8 Å². The molecule has 0 bridgehead atoms. The van der Waals surface area contributed by atoms with E-state index in [2.05, 4.69) is 16.0 Å². The highest BCUT2D eigenvalue weighted by Crippen LogP contribution is 2.28. The van der Waals surface area contributed by atoms with Gasteiger partial charge in [-0.2, -0.15) is 0 Å². The summed E-state index contributed by atoms with van der Waals surface area (Å²) >= 11 is 0. The molecule has 0 spiro atoms. The number of hydrogen-bond donors (Lipinski definition) is 2. The van der Waals surface area contributed by atoms with Crippen LogP contribution in [0.25, 0.3) is 6.08 Å². The number of carbonyl (C=O) groups is 2. The molecule has 0 aliphatic carbocycles. The van der Waals surface area contributed by atoms with Gasteiger partial charge in [0.15, 0.2) is 11.5 Å². The standard InChI is InChI=1S/C21H20N2O5S/c1-4-13-28-18-11-9-15(14-19(18)27-2)10-12-20(24)22-17-8-6-5-7-16(17)21(25)23-29(3)26/h1,5-12,14H,13H2,2-3H3,(H,22,24)(H,23,25)/b12-10+. The summed E-state index contributed by atoms with van der Waals surface area (Å²) in [4.78, 5) is 24.4. The van der Waals surface area contributed by atoms with Crippen molar-refractivity contribution in [1.82, 2.24) is 4.72 Å². The summed E-state index contributed by atoms with van der Waals surface area (Å²) in [6.07, 6.45) is 9.44. The van der Waals surface area contributed by atoms with Gasteiger partial charge in [-0.25, -0.2) is 4.21 Å². The SMILES string of the molecule is C#CCOc1ccc(/C=C/C(=O)Nc2ccccc2C(=O)NS(C)=O)cc1OC. The molecule has 150 valence electrons. The van der Waals surface area contributed by atoms with Gasteiger partial charge in [-0.1, -0.05) is 24.1 Å². The third kappa shape index (κ3) is 6.52. The fourth-order valence-corrected chi connectivity index (χ4v) is 2.72. The minimum Gasteiger partial charge on any atom is -0.493 e. The third-order valence-electron chi connectivity index (χ3n) is 3.59. The molecule has 1 atom stereocenters. The molecule has 2 aromatic rings. The number of terminal acetylenes is 1. The van der Waals surface area contributed by atoms with Crippen LogP contribution in [0.5, 0.6) is 11.5 Å². The highest BCUT2D eigenvalue weighted by molar-refractivity contribution is 7.82. The highest BCUT2D eigenvalue weighted by Gasteiger charge is 2.13. The smallest absolute Gasteiger partial charge is 0.265 e. The lowest BCUT2D eigenvalue weighted by atomic mass is 10.1.